The molecule has 4 heteroatoms. The summed E-state index contributed by atoms with van der Waals surface area (Å²) < 4.78 is 7.26. The van der Waals surface area contributed by atoms with Gasteiger partial charge in [-0.15, -0.1) is 0 Å². The molecule has 102 valence electrons. The summed E-state index contributed by atoms with van der Waals surface area (Å²) in [6.07, 6.45) is 4.00. The van der Waals surface area contributed by atoms with Crippen molar-refractivity contribution in [3.05, 3.63) is 48.3 Å². The van der Waals surface area contributed by atoms with Crippen LogP contribution in [0.4, 0.5) is 0 Å². The van der Waals surface area contributed by atoms with Crippen LogP contribution in [-0.4, -0.2) is 41.5 Å². The number of para-hydroxylation sites is 1. The van der Waals surface area contributed by atoms with E-state index in [-0.39, 0.29) is 0 Å². The monoisotopic (exact) mass is 259 g/mol. The average molecular weight is 259 g/mol. The van der Waals surface area contributed by atoms with Crippen LogP contribution in [-0.2, 0) is 11.3 Å². The van der Waals surface area contributed by atoms with Gasteiger partial charge in [0.1, 0.15) is 0 Å². The number of nitrogens with zero attached hydrogens (tertiary/aromatic N) is 3. The van der Waals surface area contributed by atoms with Gasteiger partial charge in [-0.05, 0) is 26.1 Å². The first-order chi connectivity index (χ1) is 9.29. The second-order valence-electron chi connectivity index (χ2n) is 4.56. The van der Waals surface area contributed by atoms with Gasteiger partial charge in [-0.1, -0.05) is 18.2 Å². The number of rotatable bonds is 7. The molecule has 0 spiro atoms. The second-order valence-corrected chi connectivity index (χ2v) is 4.56. The van der Waals surface area contributed by atoms with Gasteiger partial charge in [0.05, 0.1) is 18.5 Å². The molecule has 0 radical (unpaired) electrons. The van der Waals surface area contributed by atoms with Crippen molar-refractivity contribution in [3.63, 3.8) is 0 Å². The lowest BCUT2D eigenvalue weighted by Crippen LogP contribution is -2.22. The molecule has 1 aromatic carbocycles. The molecule has 0 aliphatic heterocycles. The topological polar surface area (TPSA) is 30.3 Å². The zero-order valence-electron chi connectivity index (χ0n) is 11.6. The first kappa shape index (κ1) is 13.8. The van der Waals surface area contributed by atoms with E-state index in [0.29, 0.717) is 0 Å². The van der Waals surface area contributed by atoms with E-state index in [9.17, 15) is 0 Å². The minimum absolute atomic E-state index is 0.778. The fourth-order valence-corrected chi connectivity index (χ4v) is 1.92. The molecule has 19 heavy (non-hydrogen) atoms. The van der Waals surface area contributed by atoms with Crippen LogP contribution in [0.2, 0.25) is 0 Å². The van der Waals surface area contributed by atoms with E-state index in [1.807, 2.05) is 36.0 Å². The van der Waals surface area contributed by atoms with Gasteiger partial charge in [0.25, 0.3) is 0 Å². The van der Waals surface area contributed by atoms with Crippen LogP contribution in [0.15, 0.2) is 42.7 Å². The summed E-state index contributed by atoms with van der Waals surface area (Å²) >= 11 is 0. The summed E-state index contributed by atoms with van der Waals surface area (Å²) in [5.41, 5.74) is 2.30. The van der Waals surface area contributed by atoms with Gasteiger partial charge >= 0.3 is 0 Å². The summed E-state index contributed by atoms with van der Waals surface area (Å²) in [7, 11) is 2.10. The lowest BCUT2D eigenvalue weighted by Gasteiger charge is -2.14. The second kappa shape index (κ2) is 7.07. The van der Waals surface area contributed by atoms with E-state index in [2.05, 4.69) is 35.4 Å². The fraction of sp³-hybridized carbons (Fsp3) is 0.400. The third-order valence-electron chi connectivity index (χ3n) is 2.93. The lowest BCUT2D eigenvalue weighted by molar-refractivity contribution is 0.120. The molecule has 0 bridgehead atoms. The Morgan fingerprint density at radius 2 is 2.05 bits per heavy atom. The molecule has 2 aromatic rings. The zero-order valence-corrected chi connectivity index (χ0v) is 11.6. The van der Waals surface area contributed by atoms with E-state index >= 15 is 0 Å². The van der Waals surface area contributed by atoms with E-state index in [4.69, 9.17) is 4.74 Å². The Labute approximate surface area is 114 Å². The number of hydrogen-bond donors (Lipinski definition) is 0. The van der Waals surface area contributed by atoms with Crippen LogP contribution in [0.5, 0.6) is 0 Å². The largest absolute Gasteiger partial charge is 0.380 e. The van der Waals surface area contributed by atoms with Crippen molar-refractivity contribution in [3.8, 4) is 5.69 Å². The predicted octanol–water partition coefficient (Wildman–Crippen LogP) is 2.34. The number of benzene rings is 1. The third kappa shape index (κ3) is 4.19. The third-order valence-corrected chi connectivity index (χ3v) is 2.93. The highest BCUT2D eigenvalue weighted by molar-refractivity contribution is 5.30. The molecule has 2 rings (SSSR count). The van der Waals surface area contributed by atoms with Crippen LogP contribution >= 0.6 is 0 Å². The number of aromatic nitrogens is 2. The average Bonchev–Trinajstić information content (AvgIpc) is 2.88. The van der Waals surface area contributed by atoms with Gasteiger partial charge in [0.15, 0.2) is 0 Å². The van der Waals surface area contributed by atoms with E-state index in [1.165, 1.54) is 5.56 Å². The fourth-order valence-electron chi connectivity index (χ4n) is 1.92. The van der Waals surface area contributed by atoms with Crippen molar-refractivity contribution >= 4 is 0 Å². The molecular weight excluding hydrogens is 238 g/mol. The van der Waals surface area contributed by atoms with Crippen molar-refractivity contribution in [2.45, 2.75) is 13.5 Å². The maximum Gasteiger partial charge on any atom is 0.0645 e. The van der Waals surface area contributed by atoms with Crippen molar-refractivity contribution in [2.24, 2.45) is 0 Å². The van der Waals surface area contributed by atoms with Gasteiger partial charge in [0, 0.05) is 31.5 Å². The van der Waals surface area contributed by atoms with Gasteiger partial charge < -0.3 is 4.74 Å². The van der Waals surface area contributed by atoms with Crippen LogP contribution in [0.1, 0.15) is 12.5 Å². The Kier molecular flexibility index (Phi) is 5.12. The molecule has 1 aromatic heterocycles. The Morgan fingerprint density at radius 3 is 2.79 bits per heavy atom. The molecule has 0 N–H and O–H groups in total. The highest BCUT2D eigenvalue weighted by Gasteiger charge is 2.04. The van der Waals surface area contributed by atoms with E-state index < -0.39 is 0 Å². The number of likely N-dealkylation sites (N-methyl/N-ethyl adjacent to an activating group) is 1. The Hall–Kier alpha value is -1.65. The SMILES string of the molecule is CCOCCN(C)Cc1cnn(-c2ccccc2)c1. The van der Waals surface area contributed by atoms with Gasteiger partial charge in [-0.2, -0.15) is 5.10 Å². The molecule has 0 amide bonds. The molecule has 0 fully saturated rings. The summed E-state index contributed by atoms with van der Waals surface area (Å²) in [4.78, 5) is 2.24. The molecule has 0 saturated heterocycles. The highest BCUT2D eigenvalue weighted by Crippen LogP contribution is 2.08. The van der Waals surface area contributed by atoms with Gasteiger partial charge in [0.2, 0.25) is 0 Å². The molecular formula is C15H21N3O. The van der Waals surface area contributed by atoms with Crippen LogP contribution < -0.4 is 0 Å². The molecule has 4 nitrogen and oxygen atoms in total. The summed E-state index contributed by atoms with van der Waals surface area (Å²) in [5, 5.41) is 4.39. The Morgan fingerprint density at radius 1 is 1.26 bits per heavy atom. The normalized spacial score (nSPS) is 11.1. The van der Waals surface area contributed by atoms with E-state index in [1.54, 1.807) is 0 Å². The van der Waals surface area contributed by atoms with Crippen molar-refractivity contribution in [1.82, 2.24) is 14.7 Å². The molecule has 0 saturated carbocycles. The van der Waals surface area contributed by atoms with Crippen molar-refractivity contribution in [2.75, 3.05) is 26.8 Å². The molecule has 0 aliphatic rings. The standard InChI is InChI=1S/C15H21N3O/c1-3-19-10-9-17(2)12-14-11-16-18(13-14)15-7-5-4-6-8-15/h4-8,11,13H,3,9-10,12H2,1-2H3. The zero-order chi connectivity index (χ0) is 13.5. The molecule has 1 heterocycles. The van der Waals surface area contributed by atoms with Crippen LogP contribution in [0.25, 0.3) is 5.69 Å². The van der Waals surface area contributed by atoms with Crippen LogP contribution in [0.3, 0.4) is 0 Å². The minimum Gasteiger partial charge on any atom is -0.380 e. The molecule has 0 aliphatic carbocycles. The number of hydrogen-bond acceptors (Lipinski definition) is 3. The van der Waals surface area contributed by atoms with Gasteiger partial charge in [-0.3, -0.25) is 4.90 Å². The smallest absolute Gasteiger partial charge is 0.0645 e. The van der Waals surface area contributed by atoms with Crippen LogP contribution in [0, 0.1) is 0 Å². The molecule has 0 atom stereocenters. The predicted molar refractivity (Wildman–Crippen MR) is 76.4 cm³/mol. The van der Waals surface area contributed by atoms with Crippen molar-refractivity contribution in [1.29, 1.82) is 0 Å². The highest BCUT2D eigenvalue weighted by atomic mass is 16.5. The molecule has 0 unspecified atom stereocenters. The first-order valence-electron chi connectivity index (χ1n) is 6.65. The van der Waals surface area contributed by atoms with Crippen molar-refractivity contribution < 1.29 is 4.74 Å². The minimum atomic E-state index is 0.778. The summed E-state index contributed by atoms with van der Waals surface area (Å²) in [6.45, 7) is 5.40. The quantitative estimate of drug-likeness (QED) is 0.715. The van der Waals surface area contributed by atoms with E-state index in [0.717, 1.165) is 32.0 Å². The Balaban J connectivity index is 1.91. The summed E-state index contributed by atoms with van der Waals surface area (Å²) in [5.74, 6) is 0. The first-order valence-corrected chi connectivity index (χ1v) is 6.65. The lowest BCUT2D eigenvalue weighted by atomic mass is 10.3. The maximum atomic E-state index is 5.35. The Bertz CT molecular complexity index is 481. The van der Waals surface area contributed by atoms with Gasteiger partial charge in [-0.25, -0.2) is 4.68 Å². The maximum absolute atomic E-state index is 5.35. The summed E-state index contributed by atoms with van der Waals surface area (Å²) in [6, 6.07) is 10.1. The number of ether oxygens (including phenoxy) is 1.